The van der Waals surface area contributed by atoms with Crippen LogP contribution in [0.1, 0.15) is 4.44 Å². The van der Waals surface area contributed by atoms with Gasteiger partial charge < -0.3 is 0 Å². The fraction of sp³-hybridized carbons (Fsp3) is 0.0714. The van der Waals surface area contributed by atoms with E-state index in [1.54, 1.807) is 0 Å². The van der Waals surface area contributed by atoms with Crippen molar-refractivity contribution >= 4 is 84.7 Å². The molecule has 0 bridgehead atoms. The van der Waals surface area contributed by atoms with Crippen LogP contribution in [0.3, 0.4) is 0 Å². The summed E-state index contributed by atoms with van der Waals surface area (Å²) in [6.45, 7) is 4.59. The number of fused-ring (bicyclic) bond motifs is 3. The fourth-order valence-electron chi connectivity index (χ4n) is 4.66. The van der Waals surface area contributed by atoms with Gasteiger partial charge in [0.05, 0.1) is 0 Å². The van der Waals surface area contributed by atoms with E-state index in [-0.39, 0.29) is 14.5 Å². The summed E-state index contributed by atoms with van der Waals surface area (Å²) >= 11 is 0.413. The summed E-state index contributed by atoms with van der Waals surface area (Å²) in [7, 11) is -1.98. The molecule has 6 heteroatoms. The molecule has 3 aromatic carbocycles. The van der Waals surface area contributed by atoms with Gasteiger partial charge in [0, 0.05) is 0 Å². The van der Waals surface area contributed by atoms with E-state index in [1.807, 2.05) is 6.07 Å². The Morgan fingerprint density at radius 2 is 1.53 bits per heavy atom. The Hall–Kier alpha value is -2.90. The van der Waals surface area contributed by atoms with E-state index >= 15 is 0 Å². The Bertz CT molecular complexity index is 1500. The Kier molecular flexibility index (Phi) is 5.34. The number of nitriles is 1. The van der Waals surface area contributed by atoms with Gasteiger partial charge in [-0.15, -0.1) is 0 Å². The molecular formula is C28H21N3Se2Si. The predicted molar refractivity (Wildman–Crippen MR) is 147 cm³/mol. The van der Waals surface area contributed by atoms with Gasteiger partial charge in [0.25, 0.3) is 0 Å². The number of benzene rings is 3. The molecule has 2 aliphatic heterocycles. The van der Waals surface area contributed by atoms with Gasteiger partial charge in [0.15, 0.2) is 0 Å². The molecule has 0 aliphatic carbocycles. The second-order valence-electron chi connectivity index (χ2n) is 8.82. The van der Waals surface area contributed by atoms with Crippen molar-refractivity contribution in [3.8, 4) is 6.07 Å². The van der Waals surface area contributed by atoms with Crippen LogP contribution in [-0.4, -0.2) is 42.9 Å². The molecule has 4 aromatic rings. The third kappa shape index (κ3) is 3.49. The number of rotatable bonds is 3. The molecule has 3 heterocycles. The van der Waals surface area contributed by atoms with Crippen molar-refractivity contribution in [1.82, 2.24) is 0 Å². The molecule has 34 heavy (non-hydrogen) atoms. The van der Waals surface area contributed by atoms with E-state index in [9.17, 15) is 5.26 Å². The molecule has 0 saturated carbocycles. The zero-order chi connectivity index (χ0) is 23.3. The molecule has 0 unspecified atom stereocenters. The monoisotopic (exact) mass is 587 g/mol. The Morgan fingerprint density at radius 1 is 0.882 bits per heavy atom. The van der Waals surface area contributed by atoms with Crippen molar-refractivity contribution in [2.45, 2.75) is 13.1 Å². The molecule has 0 spiro atoms. The number of hydrogen-bond acceptors (Lipinski definition) is 3. The van der Waals surface area contributed by atoms with Crippen LogP contribution in [0.4, 0.5) is 21.6 Å². The van der Waals surface area contributed by atoms with Crippen molar-refractivity contribution in [2.75, 3.05) is 4.90 Å². The van der Waals surface area contributed by atoms with Crippen LogP contribution >= 0.6 is 0 Å². The Labute approximate surface area is 213 Å². The van der Waals surface area contributed by atoms with E-state index in [0.29, 0.717) is 15.0 Å². The maximum atomic E-state index is 10.1. The minimum atomic E-state index is -1.98. The zero-order valence-corrected chi connectivity index (χ0v) is 23.2. The van der Waals surface area contributed by atoms with Gasteiger partial charge in [0.2, 0.25) is 0 Å². The maximum absolute atomic E-state index is 10.1. The van der Waals surface area contributed by atoms with Gasteiger partial charge >= 0.3 is 214 Å². The molecule has 0 N–H and O–H groups in total. The van der Waals surface area contributed by atoms with E-state index in [1.165, 1.54) is 34.5 Å². The summed E-state index contributed by atoms with van der Waals surface area (Å²) < 4.78 is 5.35. The second-order valence-corrected chi connectivity index (χ2v) is 17.7. The predicted octanol–water partition coefficient (Wildman–Crippen LogP) is 4.33. The number of nitrogens with zero attached hydrogens (tertiary/aromatic N) is 3. The topological polar surface area (TPSA) is 39.4 Å². The van der Waals surface area contributed by atoms with Crippen LogP contribution in [0.25, 0.3) is 6.08 Å². The average molecular weight is 586 g/mol. The van der Waals surface area contributed by atoms with Crippen molar-refractivity contribution in [2.24, 2.45) is 4.99 Å². The van der Waals surface area contributed by atoms with E-state index < -0.39 is 8.07 Å². The van der Waals surface area contributed by atoms with E-state index in [2.05, 4.69) is 109 Å². The van der Waals surface area contributed by atoms with Gasteiger partial charge in [-0.1, -0.05) is 0 Å². The van der Waals surface area contributed by atoms with Gasteiger partial charge in [-0.3, -0.25) is 0 Å². The van der Waals surface area contributed by atoms with Gasteiger partial charge in [-0.2, -0.15) is 0 Å². The van der Waals surface area contributed by atoms with Crippen molar-refractivity contribution in [3.05, 3.63) is 94.9 Å². The number of para-hydroxylation sites is 3. The molecule has 164 valence electrons. The average Bonchev–Trinajstić information content (AvgIpc) is 3.43. The third-order valence-electron chi connectivity index (χ3n) is 6.33. The molecule has 1 aromatic heterocycles. The van der Waals surface area contributed by atoms with Crippen molar-refractivity contribution in [1.29, 1.82) is 5.26 Å². The van der Waals surface area contributed by atoms with Crippen LogP contribution in [0.5, 0.6) is 0 Å². The summed E-state index contributed by atoms with van der Waals surface area (Å²) in [6.07, 6.45) is 2.09. The summed E-state index contributed by atoms with van der Waals surface area (Å²) in [5, 5.41) is 12.4. The standard InChI is InChI=1S/C28H21N3Se2Si/c1-34(2)26-14-8-3-9-21(26)30-28(34)19(18-29)17-20-15-16-27(32-20)31-22-10-4-6-12-24(22)33-25-13-7-5-11-23(25)31/h3-17H,1-2H3/b19-17+. The first-order chi connectivity index (χ1) is 16.6. The summed E-state index contributed by atoms with van der Waals surface area (Å²) in [4.78, 5) is 7.36. The molecule has 0 fully saturated rings. The van der Waals surface area contributed by atoms with Gasteiger partial charge in [0.1, 0.15) is 0 Å². The number of aliphatic imine (C=N–C) groups is 1. The second kappa shape index (κ2) is 8.39. The van der Waals surface area contributed by atoms with Crippen LogP contribution in [0.2, 0.25) is 13.1 Å². The first-order valence-electron chi connectivity index (χ1n) is 11.1. The molecule has 2 aliphatic rings. The number of hydrogen-bond donors (Lipinski definition) is 0. The fourth-order valence-corrected chi connectivity index (χ4v) is 11.7. The first-order valence-corrected chi connectivity index (χ1v) is 17.6. The van der Waals surface area contributed by atoms with Crippen LogP contribution in [0.15, 0.2) is 95.5 Å². The quantitative estimate of drug-likeness (QED) is 0.234. The van der Waals surface area contributed by atoms with Gasteiger partial charge in [-0.25, -0.2) is 0 Å². The normalized spacial score (nSPS) is 15.7. The molecular weight excluding hydrogens is 564 g/mol. The van der Waals surface area contributed by atoms with Gasteiger partial charge in [-0.05, 0) is 0 Å². The van der Waals surface area contributed by atoms with E-state index in [0.717, 1.165) is 16.6 Å². The first kappa shape index (κ1) is 21.6. The Morgan fingerprint density at radius 3 is 2.21 bits per heavy atom. The number of allylic oxidation sites excluding steroid dienone is 1. The Balaban J connectivity index is 1.41. The SMILES string of the molecule is C[Si]1(C)C(/C(C#N)=C/c2ccc(N3c4ccccc4[Se]c4ccccc43)[se]2)=Nc2ccccc21. The summed E-state index contributed by atoms with van der Waals surface area (Å²) in [5.41, 5.74) is 4.33. The molecule has 0 atom stereocenters. The van der Waals surface area contributed by atoms with Crippen LogP contribution in [0, 0.1) is 11.3 Å². The van der Waals surface area contributed by atoms with E-state index in [4.69, 9.17) is 4.99 Å². The zero-order valence-electron chi connectivity index (χ0n) is 18.8. The van der Waals surface area contributed by atoms with Crippen LogP contribution in [-0.2, 0) is 0 Å². The van der Waals surface area contributed by atoms with Crippen molar-refractivity contribution in [3.63, 3.8) is 0 Å². The molecule has 0 saturated heterocycles. The van der Waals surface area contributed by atoms with Crippen LogP contribution < -0.4 is 19.0 Å². The third-order valence-corrected chi connectivity index (χ3v) is 14.2. The minimum absolute atomic E-state index is 0.102. The van der Waals surface area contributed by atoms with Crippen molar-refractivity contribution < 1.29 is 0 Å². The summed E-state index contributed by atoms with van der Waals surface area (Å²) in [5.74, 6) is 0. The molecule has 6 rings (SSSR count). The molecule has 3 nitrogen and oxygen atoms in total. The number of anilines is 3. The molecule has 0 amide bonds. The summed E-state index contributed by atoms with van der Waals surface area (Å²) in [6, 6.07) is 32.8. The molecule has 0 radical (unpaired) electrons.